The van der Waals surface area contributed by atoms with Crippen molar-refractivity contribution in [2.75, 3.05) is 27.3 Å². The van der Waals surface area contributed by atoms with Gasteiger partial charge in [0.2, 0.25) is 5.91 Å². The van der Waals surface area contributed by atoms with E-state index in [0.29, 0.717) is 23.0 Å². The van der Waals surface area contributed by atoms with Gasteiger partial charge in [0.25, 0.3) is 29.5 Å². The van der Waals surface area contributed by atoms with Gasteiger partial charge in [0.05, 0.1) is 43.3 Å². The molecule has 36 heteroatoms. The minimum atomic E-state index is -1.86. The van der Waals surface area contributed by atoms with Gasteiger partial charge in [-0.15, -0.1) is 56.7 Å². The Bertz CT molecular complexity index is 4570. The second-order valence-corrected chi connectivity index (χ2v) is 27.7. The zero-order valence-electron chi connectivity index (χ0n) is 52.9. The number of aromatic nitrogens is 7. The predicted molar refractivity (Wildman–Crippen MR) is 354 cm³/mol. The molecule has 10 unspecified atom stereocenters. The van der Waals surface area contributed by atoms with Crippen molar-refractivity contribution in [2.45, 2.75) is 115 Å². The lowest BCUT2D eigenvalue weighted by Gasteiger charge is -2.48. The Kier molecular flexibility index (Phi) is 19.5. The van der Waals surface area contributed by atoms with Gasteiger partial charge >= 0.3 is 11.9 Å². The molecule has 98 heavy (non-hydrogen) atoms. The number of carbonyl (C=O) groups excluding carboxylic acids is 8. The SMILES string of the molecule is C=C(NC(=O)c1csc(-c2nc3c(cc2O)-c2nc(cs2)C(=O)NC(C(C)O)C(=O)N/C(=C(\C)OC)c2nc(cs2)C(=O)NC2c4nc(cs4)C(=O)NC(COC(=O)c4[nH]c5cccc6c5c4COC2C(OC2CC(C)(O)C(N(C)CC)C(C)O2)C(=O)OC6)c2nc-3cs2)n1)C(N)=O. The molecule has 0 aliphatic carbocycles. The lowest BCUT2D eigenvalue weighted by Crippen LogP contribution is -2.62. The summed E-state index contributed by atoms with van der Waals surface area (Å²) < 4.78 is 37.9. The van der Waals surface area contributed by atoms with Crippen LogP contribution in [0.2, 0.25) is 0 Å². The number of rotatable bonds is 10. The number of aromatic amines is 1. The van der Waals surface area contributed by atoms with Crippen molar-refractivity contribution in [3.8, 4) is 38.4 Å². The molecule has 12 rings (SSSR count). The molecule has 4 aliphatic heterocycles. The number of allylic oxidation sites excluding steroid dienone is 1. The van der Waals surface area contributed by atoms with E-state index in [2.05, 4.69) is 53.1 Å². The highest BCUT2D eigenvalue weighted by Gasteiger charge is 2.50. The molecule has 12 bridgehead atoms. The number of nitrogens with zero attached hydrogens (tertiary/aromatic N) is 7. The molecule has 0 radical (unpaired) electrons. The van der Waals surface area contributed by atoms with E-state index in [1.54, 1.807) is 37.4 Å². The van der Waals surface area contributed by atoms with Crippen LogP contribution in [0.1, 0.15) is 132 Å². The van der Waals surface area contributed by atoms with Gasteiger partial charge in [0.15, 0.2) is 12.4 Å². The van der Waals surface area contributed by atoms with E-state index in [0.717, 1.165) is 56.7 Å². The van der Waals surface area contributed by atoms with Gasteiger partial charge in [-0.2, -0.15) is 0 Å². The molecule has 8 aromatic rings. The number of esters is 2. The van der Waals surface area contributed by atoms with Crippen molar-refractivity contribution in [1.29, 1.82) is 0 Å². The number of aliphatic hydroxyl groups is 2. The third kappa shape index (κ3) is 13.7. The highest BCUT2D eigenvalue weighted by molar-refractivity contribution is 7.14. The normalized spacial score (nSPS) is 24.0. The van der Waals surface area contributed by atoms with Gasteiger partial charge in [-0.1, -0.05) is 25.6 Å². The van der Waals surface area contributed by atoms with E-state index >= 15 is 9.59 Å². The molecule has 6 amide bonds. The number of H-pyrrole nitrogens is 1. The number of likely N-dealkylation sites (N-methyl/N-ethyl adjacent to an activating group) is 1. The number of benzene rings is 1. The maximum absolute atomic E-state index is 15.2. The van der Waals surface area contributed by atoms with Crippen LogP contribution in [-0.4, -0.2) is 178 Å². The number of amides is 6. The number of carbonyl (C=O) groups is 8. The Labute approximate surface area is 575 Å². The molecule has 10 atom stereocenters. The van der Waals surface area contributed by atoms with Crippen molar-refractivity contribution in [3.05, 3.63) is 124 Å². The van der Waals surface area contributed by atoms with Crippen molar-refractivity contribution in [2.24, 2.45) is 5.73 Å². The van der Waals surface area contributed by atoms with Crippen LogP contribution in [0.15, 0.2) is 69.2 Å². The number of hydrogen-bond donors (Lipinski definition) is 10. The molecule has 0 saturated carbocycles. The molecule has 4 aliphatic rings. The zero-order chi connectivity index (χ0) is 69.8. The van der Waals surface area contributed by atoms with E-state index in [4.69, 9.17) is 49.1 Å². The summed E-state index contributed by atoms with van der Waals surface area (Å²) in [6.07, 6.45) is -7.29. The predicted octanol–water partition coefficient (Wildman–Crippen LogP) is 4.57. The first-order valence-corrected chi connectivity index (χ1v) is 34.5. The third-order valence-corrected chi connectivity index (χ3v) is 21.1. The number of aromatic hydroxyl groups is 1. The van der Waals surface area contributed by atoms with Crippen molar-refractivity contribution < 1.29 is 82.1 Å². The number of cyclic esters (lactones) is 2. The van der Waals surface area contributed by atoms with Gasteiger partial charge in [-0.25, -0.2) is 39.5 Å². The lowest BCUT2D eigenvalue weighted by molar-refractivity contribution is -0.281. The summed E-state index contributed by atoms with van der Waals surface area (Å²) in [4.78, 5) is 147. The maximum atomic E-state index is 15.2. The smallest absolute Gasteiger partial charge is 0.355 e. The fraction of sp³-hybridized carbons (Fsp3) is 0.355. The molecular weight excluding hydrogens is 1370 g/mol. The second-order valence-electron chi connectivity index (χ2n) is 23.3. The van der Waals surface area contributed by atoms with Crippen molar-refractivity contribution in [3.63, 3.8) is 0 Å². The van der Waals surface area contributed by atoms with Crippen LogP contribution in [0, 0.1) is 0 Å². The number of fused-ring (bicyclic) bond motifs is 15. The molecule has 7 aromatic heterocycles. The summed E-state index contributed by atoms with van der Waals surface area (Å²) in [6.45, 7) is 10.6. The monoisotopic (exact) mass is 1430 g/mol. The summed E-state index contributed by atoms with van der Waals surface area (Å²) in [7, 11) is 3.15. The maximum Gasteiger partial charge on any atom is 0.355 e. The first-order chi connectivity index (χ1) is 46.8. The number of primary amides is 1. The highest BCUT2D eigenvalue weighted by atomic mass is 32.1. The van der Waals surface area contributed by atoms with E-state index in [9.17, 15) is 44.1 Å². The molecular formula is C62H62N14O17S5. The Morgan fingerprint density at radius 2 is 1.54 bits per heavy atom. The number of aliphatic hydroxyl groups excluding tert-OH is 1. The largest absolute Gasteiger partial charge is 0.506 e. The zero-order valence-corrected chi connectivity index (χ0v) is 57.0. The first kappa shape index (κ1) is 68.6. The van der Waals surface area contributed by atoms with Crippen LogP contribution in [0.3, 0.4) is 0 Å². The number of ether oxygens (including phenoxy) is 6. The number of nitrogens with one attached hydrogen (secondary N) is 6. The van der Waals surface area contributed by atoms with Crippen LogP contribution in [0.25, 0.3) is 49.3 Å². The second kappa shape index (κ2) is 27.9. The minimum absolute atomic E-state index is 0.00173. The van der Waals surface area contributed by atoms with Gasteiger partial charge in [-0.3, -0.25) is 33.7 Å². The highest BCUT2D eigenvalue weighted by Crippen LogP contribution is 2.43. The van der Waals surface area contributed by atoms with E-state index in [-0.39, 0.29) is 106 Å². The summed E-state index contributed by atoms with van der Waals surface area (Å²) in [5, 5.41) is 56.0. The minimum Gasteiger partial charge on any atom is -0.506 e. The van der Waals surface area contributed by atoms with Gasteiger partial charge < -0.3 is 81.0 Å². The Hall–Kier alpha value is -9.34. The molecule has 0 spiro atoms. The van der Waals surface area contributed by atoms with E-state index in [1.807, 2.05) is 18.9 Å². The lowest BCUT2D eigenvalue weighted by atomic mass is 9.85. The molecule has 11 heterocycles. The molecule has 1 saturated heterocycles. The average molecular weight is 1440 g/mol. The van der Waals surface area contributed by atoms with Gasteiger partial charge in [-0.05, 0) is 59.0 Å². The summed E-state index contributed by atoms with van der Waals surface area (Å²) in [5.41, 5.74) is 3.36. The topological polar surface area (TPSA) is 435 Å². The number of hydrogen-bond acceptors (Lipinski definition) is 29. The Morgan fingerprint density at radius 3 is 2.27 bits per heavy atom. The molecule has 1 fully saturated rings. The number of pyridine rings is 1. The Balaban J connectivity index is 1.03. The summed E-state index contributed by atoms with van der Waals surface area (Å²) in [6, 6.07) is 1.27. The molecule has 11 N–H and O–H groups in total. The molecule has 512 valence electrons. The average Bonchev–Trinajstić information content (AvgIpc) is 1.41. The first-order valence-electron chi connectivity index (χ1n) is 30.1. The Morgan fingerprint density at radius 1 is 0.867 bits per heavy atom. The number of thiazole rings is 5. The van der Waals surface area contributed by atoms with Crippen LogP contribution in [-0.2, 0) is 56.0 Å². The van der Waals surface area contributed by atoms with E-state index < -0.39 is 133 Å². The summed E-state index contributed by atoms with van der Waals surface area (Å²) in [5.74, 6) is -7.83. The van der Waals surface area contributed by atoms with Crippen LogP contribution in [0.5, 0.6) is 5.75 Å². The number of nitrogens with two attached hydrogens (primary N) is 1. The van der Waals surface area contributed by atoms with Crippen LogP contribution >= 0.6 is 56.7 Å². The molecule has 1 aromatic carbocycles. The quantitative estimate of drug-likeness (QED) is 0.0509. The third-order valence-electron chi connectivity index (χ3n) is 16.6. The molecule has 31 nitrogen and oxygen atoms in total. The van der Waals surface area contributed by atoms with Crippen molar-refractivity contribution in [1.82, 2.24) is 66.4 Å². The summed E-state index contributed by atoms with van der Waals surface area (Å²) >= 11 is 4.60. The van der Waals surface area contributed by atoms with Crippen LogP contribution < -0.4 is 32.3 Å². The number of methoxy groups -OCH3 is 1. The van der Waals surface area contributed by atoms with E-state index in [1.165, 1.54) is 48.5 Å². The van der Waals surface area contributed by atoms with Crippen molar-refractivity contribution >= 4 is 121 Å². The van der Waals surface area contributed by atoms with Crippen LogP contribution in [0.4, 0.5) is 0 Å². The fourth-order valence-corrected chi connectivity index (χ4v) is 15.9. The standard InChI is InChI=1S/C62H62N14O17S5/c1-9-76(7)48-26(5)92-38(14-62(48,6)87)93-47-46-45-59-71-34(21-98-59)51(81)66-31(17-91-60(85)43-29(16-89-46)39-27(15-90-61(47)86)11-10-12-30(39)65-43)56-67-32(18-95-56)42-28(13-37(78)44(72-42)58-70-33(20-97-58)50(80)64-23(2)49(63)79)55-68-35(19-94-55)52(82)73-40(24(3)77)54(84)74-41(25(4)88-8)57-69-36(22-96-57)53(83)75-45/h10-13,18-22,24,26,31,38,40,45-48,65,77-78,87H,2,9,14-17H2,1,3-8H3,(H2,63,79)(H,64,80)(H,66,81)(H,73,82)(H,74,84)(H,75,83)/b41-25+. The fourth-order valence-electron chi connectivity index (χ4n) is 11.7. The van der Waals surface area contributed by atoms with Gasteiger partial charge in [0.1, 0.15) is 125 Å². The van der Waals surface area contributed by atoms with Gasteiger partial charge in [0, 0.05) is 55.4 Å².